The second-order valence-electron chi connectivity index (χ2n) is 9.01. The molecule has 0 radical (unpaired) electrons. The molecular weight excluding hydrogens is 504 g/mol. The van der Waals surface area contributed by atoms with Crippen molar-refractivity contribution in [3.8, 4) is 0 Å². The molecule has 4 unspecified atom stereocenters. The van der Waals surface area contributed by atoms with E-state index in [0.717, 1.165) is 52.4 Å². The molecule has 4 atom stereocenters. The summed E-state index contributed by atoms with van der Waals surface area (Å²) >= 11 is 0. The Morgan fingerprint density at radius 1 is 0.351 bits per heavy atom. The molecule has 0 bridgehead atoms. The van der Waals surface area contributed by atoms with Gasteiger partial charge in [0.1, 0.15) is 0 Å². The number of likely N-dealkylation sites (N-methyl/N-ethyl adjacent to an activating group) is 4. The Bertz CT molecular complexity index is 326. The van der Waals surface area contributed by atoms with Crippen molar-refractivity contribution < 1.29 is 42.1 Å². The molecule has 0 aliphatic rings. The van der Waals surface area contributed by atoms with E-state index in [1.54, 1.807) is 0 Å². The molecule has 8 nitrogen and oxygen atoms in total. The smallest absolute Gasteiger partial charge is 0.0584 e. The predicted molar refractivity (Wildman–Crippen MR) is 158 cm³/mol. The van der Waals surface area contributed by atoms with Crippen molar-refractivity contribution in [3.05, 3.63) is 0 Å². The maximum absolute atomic E-state index is 8.73. The van der Waals surface area contributed by atoms with Crippen molar-refractivity contribution in [2.75, 3.05) is 78.8 Å². The molecule has 0 rings (SSSR count). The van der Waals surface area contributed by atoms with E-state index in [-0.39, 0.29) is 48.1 Å². The third-order valence-corrected chi connectivity index (χ3v) is 6.80. The standard InChI is InChI=1S/4C7H17NO.Ti/c4*1-4-8(5-2)7(3)6-9;/h4*7,9H,4-6H2,1-3H3;. The largest absolute Gasteiger partial charge is 0.395 e. The number of aliphatic hydroxyl groups is 4. The Morgan fingerprint density at radius 3 is 0.486 bits per heavy atom. The van der Waals surface area contributed by atoms with Crippen LogP contribution < -0.4 is 0 Å². The Labute approximate surface area is 247 Å². The summed E-state index contributed by atoms with van der Waals surface area (Å²) in [7, 11) is 0. The van der Waals surface area contributed by atoms with E-state index in [2.05, 4.69) is 75.0 Å². The van der Waals surface area contributed by atoms with Gasteiger partial charge in [-0.3, -0.25) is 19.6 Å². The fraction of sp³-hybridized carbons (Fsp3) is 1.00. The molecule has 0 aromatic rings. The Hall–Kier alpha value is 0.394. The molecule has 0 aliphatic carbocycles. The van der Waals surface area contributed by atoms with Gasteiger partial charge < -0.3 is 20.4 Å². The van der Waals surface area contributed by atoms with Gasteiger partial charge in [-0.2, -0.15) is 0 Å². The normalized spacial score (nSPS) is 13.9. The first-order valence-electron chi connectivity index (χ1n) is 14.4. The van der Waals surface area contributed by atoms with Crippen LogP contribution in [0.15, 0.2) is 0 Å². The van der Waals surface area contributed by atoms with Crippen LogP contribution in [0.4, 0.5) is 0 Å². The molecule has 37 heavy (non-hydrogen) atoms. The Balaban J connectivity index is -0.000000122. The van der Waals surface area contributed by atoms with E-state index < -0.39 is 0 Å². The molecule has 9 heteroatoms. The van der Waals surface area contributed by atoms with E-state index in [4.69, 9.17) is 20.4 Å². The van der Waals surface area contributed by atoms with E-state index >= 15 is 0 Å². The van der Waals surface area contributed by atoms with Gasteiger partial charge in [-0.05, 0) is 80.1 Å². The zero-order valence-corrected chi connectivity index (χ0v) is 28.4. The fourth-order valence-corrected chi connectivity index (χ4v) is 3.85. The molecule has 0 saturated heterocycles. The average molecular weight is 573 g/mol. The molecule has 0 spiro atoms. The fourth-order valence-electron chi connectivity index (χ4n) is 3.85. The van der Waals surface area contributed by atoms with Crippen molar-refractivity contribution in [1.82, 2.24) is 19.6 Å². The van der Waals surface area contributed by atoms with Gasteiger partial charge in [0.2, 0.25) is 0 Å². The monoisotopic (exact) mass is 572 g/mol. The molecule has 0 aromatic heterocycles. The Kier molecular flexibility index (Phi) is 43.9. The van der Waals surface area contributed by atoms with Crippen LogP contribution in [-0.2, 0) is 21.7 Å². The molecule has 0 saturated carbocycles. The first-order chi connectivity index (χ1) is 17.0. The van der Waals surface area contributed by atoms with Crippen LogP contribution in [0.1, 0.15) is 83.1 Å². The van der Waals surface area contributed by atoms with Crippen LogP contribution in [0.2, 0.25) is 0 Å². The number of hydrogen-bond acceptors (Lipinski definition) is 8. The van der Waals surface area contributed by atoms with E-state index in [0.29, 0.717) is 24.2 Å². The van der Waals surface area contributed by atoms with Crippen LogP contribution in [0.3, 0.4) is 0 Å². The summed E-state index contributed by atoms with van der Waals surface area (Å²) in [4.78, 5) is 8.89. The summed E-state index contributed by atoms with van der Waals surface area (Å²) in [5, 5.41) is 34.9. The van der Waals surface area contributed by atoms with E-state index in [1.165, 1.54) is 0 Å². The van der Waals surface area contributed by atoms with Crippen molar-refractivity contribution in [2.24, 2.45) is 0 Å². The van der Waals surface area contributed by atoms with Gasteiger partial charge in [0, 0.05) is 45.9 Å². The predicted octanol–water partition coefficient (Wildman–Crippen LogP) is 2.83. The second kappa shape index (κ2) is 34.4. The number of nitrogens with zero attached hydrogens (tertiary/aromatic N) is 4. The molecular formula is C28H68N4O4Ti. The molecule has 0 aliphatic heterocycles. The van der Waals surface area contributed by atoms with Crippen molar-refractivity contribution in [1.29, 1.82) is 0 Å². The number of aliphatic hydroxyl groups excluding tert-OH is 4. The first-order valence-corrected chi connectivity index (χ1v) is 14.4. The van der Waals surface area contributed by atoms with Crippen LogP contribution >= 0.6 is 0 Å². The minimum Gasteiger partial charge on any atom is -0.395 e. The van der Waals surface area contributed by atoms with Gasteiger partial charge in [-0.15, -0.1) is 0 Å². The summed E-state index contributed by atoms with van der Waals surface area (Å²) in [5.74, 6) is 0. The van der Waals surface area contributed by atoms with Crippen molar-refractivity contribution >= 4 is 0 Å². The average Bonchev–Trinajstić information content (AvgIpc) is 2.91. The quantitative estimate of drug-likeness (QED) is 0.210. The summed E-state index contributed by atoms with van der Waals surface area (Å²) in [6.07, 6.45) is 0. The molecule has 4 N–H and O–H groups in total. The maximum Gasteiger partial charge on any atom is 0.0584 e. The summed E-state index contributed by atoms with van der Waals surface area (Å²) in [6, 6.07) is 1.28. The minimum absolute atomic E-state index is 0. The first kappa shape index (κ1) is 47.2. The zero-order chi connectivity index (χ0) is 29.1. The second-order valence-corrected chi connectivity index (χ2v) is 9.01. The van der Waals surface area contributed by atoms with Crippen LogP contribution in [0, 0.1) is 0 Å². The summed E-state index contributed by atoms with van der Waals surface area (Å²) in [5.41, 5.74) is 0. The third-order valence-electron chi connectivity index (χ3n) is 6.80. The van der Waals surface area contributed by atoms with Gasteiger partial charge in [0.05, 0.1) is 26.4 Å². The van der Waals surface area contributed by atoms with Crippen LogP contribution in [-0.4, -0.2) is 143 Å². The Morgan fingerprint density at radius 2 is 0.459 bits per heavy atom. The third kappa shape index (κ3) is 26.4. The minimum atomic E-state index is 0. The molecule has 228 valence electrons. The van der Waals surface area contributed by atoms with Gasteiger partial charge in [0.25, 0.3) is 0 Å². The topological polar surface area (TPSA) is 93.9 Å². The summed E-state index contributed by atoms with van der Waals surface area (Å²) < 4.78 is 0. The van der Waals surface area contributed by atoms with Gasteiger partial charge >= 0.3 is 0 Å². The number of hydrogen-bond donors (Lipinski definition) is 4. The van der Waals surface area contributed by atoms with Crippen molar-refractivity contribution in [2.45, 2.75) is 107 Å². The van der Waals surface area contributed by atoms with Crippen LogP contribution in [0.25, 0.3) is 0 Å². The number of rotatable bonds is 16. The van der Waals surface area contributed by atoms with Gasteiger partial charge in [-0.25, -0.2) is 0 Å². The van der Waals surface area contributed by atoms with Gasteiger partial charge in [-0.1, -0.05) is 55.4 Å². The molecule has 0 aromatic carbocycles. The van der Waals surface area contributed by atoms with Crippen LogP contribution in [0.5, 0.6) is 0 Å². The molecule has 0 heterocycles. The van der Waals surface area contributed by atoms with E-state index in [1.807, 2.05) is 27.7 Å². The van der Waals surface area contributed by atoms with Crippen molar-refractivity contribution in [3.63, 3.8) is 0 Å². The zero-order valence-electron chi connectivity index (χ0n) is 26.9. The SMILES string of the molecule is CCN(CC)C(C)CO.CCN(CC)C(C)CO.CCN(CC)C(C)CO.CCN(CC)C(C)CO.[Ti]. The van der Waals surface area contributed by atoms with E-state index in [9.17, 15) is 0 Å². The molecule has 0 fully saturated rings. The maximum atomic E-state index is 8.73. The molecule has 0 amide bonds. The van der Waals surface area contributed by atoms with Gasteiger partial charge in [0.15, 0.2) is 0 Å². The summed E-state index contributed by atoms with van der Waals surface area (Å²) in [6.45, 7) is 34.3.